The molecule has 3 fully saturated rings. The van der Waals surface area contributed by atoms with Crippen LogP contribution >= 0.6 is 0 Å². The highest BCUT2D eigenvalue weighted by molar-refractivity contribution is 6.07. The van der Waals surface area contributed by atoms with Crippen LogP contribution in [0.25, 0.3) is 6.08 Å². The number of hydrogen-bond donors (Lipinski definition) is 0. The van der Waals surface area contributed by atoms with Crippen molar-refractivity contribution in [2.45, 2.75) is 51.7 Å². The predicted molar refractivity (Wildman–Crippen MR) is 80.5 cm³/mol. The molecule has 1 saturated carbocycles. The second-order valence-corrected chi connectivity index (χ2v) is 6.87. The summed E-state index contributed by atoms with van der Waals surface area (Å²) < 4.78 is 6.07. The fraction of sp³-hybridized carbons (Fsp3) is 0.500. The zero-order valence-electron chi connectivity index (χ0n) is 12.7. The molecule has 2 heterocycles. The normalized spacial score (nSPS) is 33.7. The summed E-state index contributed by atoms with van der Waals surface area (Å²) in [5, 5.41) is 0. The summed E-state index contributed by atoms with van der Waals surface area (Å²) in [7, 11) is 0. The lowest BCUT2D eigenvalue weighted by Crippen LogP contribution is -2.60. The third kappa shape index (κ3) is 2.03. The van der Waals surface area contributed by atoms with Gasteiger partial charge in [0.25, 0.3) is 0 Å². The molecule has 3 aliphatic rings. The molecule has 2 unspecified atom stereocenters. The van der Waals surface area contributed by atoms with Crippen molar-refractivity contribution in [3.63, 3.8) is 0 Å². The van der Waals surface area contributed by atoms with E-state index in [4.69, 9.17) is 4.74 Å². The Morgan fingerprint density at radius 1 is 1.20 bits per heavy atom. The van der Waals surface area contributed by atoms with Gasteiger partial charge in [-0.2, -0.15) is 0 Å². The molecule has 0 spiro atoms. The van der Waals surface area contributed by atoms with Crippen LogP contribution in [-0.4, -0.2) is 17.0 Å². The lowest BCUT2D eigenvalue weighted by Gasteiger charge is -2.53. The first-order chi connectivity index (χ1) is 9.32. The molecule has 0 radical (unpaired) electrons. The molecule has 2 saturated heterocycles. The van der Waals surface area contributed by atoms with E-state index in [-0.39, 0.29) is 17.3 Å². The Balaban J connectivity index is 2.04. The van der Waals surface area contributed by atoms with Crippen LogP contribution in [-0.2, 0) is 9.53 Å². The van der Waals surface area contributed by atoms with E-state index in [2.05, 4.69) is 51.1 Å². The molecule has 2 atom stereocenters. The van der Waals surface area contributed by atoms with Gasteiger partial charge in [0, 0.05) is 11.5 Å². The van der Waals surface area contributed by atoms with Crippen LogP contribution in [0.1, 0.15) is 44.7 Å². The van der Waals surface area contributed by atoms with E-state index in [1.54, 1.807) is 0 Å². The number of hydrogen-bond acceptors (Lipinski definition) is 2. The van der Waals surface area contributed by atoms with Crippen molar-refractivity contribution in [3.05, 3.63) is 41.0 Å². The minimum absolute atomic E-state index is 0.175. The molecule has 1 aromatic carbocycles. The van der Waals surface area contributed by atoms with Crippen molar-refractivity contribution < 1.29 is 9.53 Å². The van der Waals surface area contributed by atoms with E-state index in [9.17, 15) is 4.79 Å². The topological polar surface area (TPSA) is 26.3 Å². The Labute approximate surface area is 120 Å². The number of aryl methyl sites for hydroxylation is 1. The van der Waals surface area contributed by atoms with E-state index in [1.807, 2.05) is 6.92 Å². The van der Waals surface area contributed by atoms with Crippen molar-refractivity contribution in [1.82, 2.24) is 0 Å². The maximum absolute atomic E-state index is 12.7. The van der Waals surface area contributed by atoms with Crippen LogP contribution in [0.3, 0.4) is 0 Å². The Morgan fingerprint density at radius 2 is 1.85 bits per heavy atom. The van der Waals surface area contributed by atoms with Gasteiger partial charge >= 0.3 is 0 Å². The number of Topliss-reactive ketones (excluding diaryl/α,β-unsaturated/α-hetero) is 1. The minimum Gasteiger partial charge on any atom is -0.361 e. The molecule has 2 bridgehead atoms. The van der Waals surface area contributed by atoms with Crippen LogP contribution in [0.15, 0.2) is 29.8 Å². The predicted octanol–water partition coefficient (Wildman–Crippen LogP) is 3.93. The minimum atomic E-state index is -0.630. The van der Waals surface area contributed by atoms with Gasteiger partial charge in [-0.15, -0.1) is 0 Å². The zero-order valence-corrected chi connectivity index (χ0v) is 12.7. The first-order valence-corrected chi connectivity index (χ1v) is 7.35. The largest absolute Gasteiger partial charge is 0.361 e. The molecule has 4 rings (SSSR count). The van der Waals surface area contributed by atoms with Crippen LogP contribution in [0.5, 0.6) is 0 Å². The number of benzene rings is 1. The van der Waals surface area contributed by atoms with Gasteiger partial charge < -0.3 is 4.74 Å². The van der Waals surface area contributed by atoms with Gasteiger partial charge in [0.2, 0.25) is 0 Å². The highest BCUT2D eigenvalue weighted by Crippen LogP contribution is 2.50. The molecule has 106 valence electrons. The highest BCUT2D eigenvalue weighted by atomic mass is 16.5. The second kappa shape index (κ2) is 4.29. The van der Waals surface area contributed by atoms with Crippen LogP contribution in [0, 0.1) is 12.8 Å². The molecule has 1 aliphatic carbocycles. The second-order valence-electron chi connectivity index (χ2n) is 6.87. The van der Waals surface area contributed by atoms with Crippen LogP contribution in [0.2, 0.25) is 0 Å². The number of carbonyl (C=O) groups excluding carboxylic acids is 1. The monoisotopic (exact) mass is 270 g/mol. The summed E-state index contributed by atoms with van der Waals surface area (Å²) >= 11 is 0. The van der Waals surface area contributed by atoms with Gasteiger partial charge in [0.05, 0.1) is 5.60 Å². The van der Waals surface area contributed by atoms with Crippen LogP contribution in [0.4, 0.5) is 0 Å². The van der Waals surface area contributed by atoms with E-state index < -0.39 is 5.60 Å². The summed E-state index contributed by atoms with van der Waals surface area (Å²) in [6.07, 6.45) is 3.94. The van der Waals surface area contributed by atoms with Gasteiger partial charge in [-0.3, -0.25) is 4.79 Å². The van der Waals surface area contributed by atoms with Crippen molar-refractivity contribution in [2.24, 2.45) is 5.92 Å². The van der Waals surface area contributed by atoms with Crippen molar-refractivity contribution >= 4 is 11.9 Å². The average molecular weight is 270 g/mol. The lowest BCUT2D eigenvalue weighted by atomic mass is 9.65. The molecular weight excluding hydrogens is 248 g/mol. The fourth-order valence-corrected chi connectivity index (χ4v) is 3.63. The molecule has 2 heteroatoms. The summed E-state index contributed by atoms with van der Waals surface area (Å²) in [5.74, 6) is 0.381. The van der Waals surface area contributed by atoms with Crippen LogP contribution < -0.4 is 0 Å². The Hall–Kier alpha value is -1.41. The Bertz CT molecular complexity index is 580. The molecule has 20 heavy (non-hydrogen) atoms. The first kappa shape index (κ1) is 13.6. The van der Waals surface area contributed by atoms with Crippen molar-refractivity contribution in [3.8, 4) is 0 Å². The number of ketones is 1. The average Bonchev–Trinajstić information content (AvgIpc) is 2.36. The summed E-state index contributed by atoms with van der Waals surface area (Å²) in [6.45, 7) is 8.22. The summed E-state index contributed by atoms with van der Waals surface area (Å²) in [5.41, 5.74) is 2.40. The van der Waals surface area contributed by atoms with Gasteiger partial charge in [0.15, 0.2) is 5.78 Å². The van der Waals surface area contributed by atoms with Gasteiger partial charge in [-0.1, -0.05) is 29.8 Å². The Kier molecular flexibility index (Phi) is 2.91. The fourth-order valence-electron chi connectivity index (χ4n) is 3.63. The standard InChI is InChI=1S/C18H22O2/c1-12-5-7-13(8-6-12)11-14-15-9-10-18(4,16(14)19)20-17(15,2)3/h5-8,11,15H,9-10H2,1-4H3/b14-11-. The smallest absolute Gasteiger partial charge is 0.190 e. The maximum Gasteiger partial charge on any atom is 0.190 e. The SMILES string of the molecule is Cc1ccc(/C=C2\C(=O)C3(C)CCC2C(C)(C)O3)cc1. The van der Waals surface area contributed by atoms with E-state index in [0.717, 1.165) is 24.0 Å². The molecule has 0 amide bonds. The molecule has 0 N–H and O–H groups in total. The van der Waals surface area contributed by atoms with Crippen molar-refractivity contribution in [1.29, 1.82) is 0 Å². The summed E-state index contributed by atoms with van der Waals surface area (Å²) in [4.78, 5) is 12.7. The van der Waals surface area contributed by atoms with Gasteiger partial charge in [0.1, 0.15) is 5.60 Å². The van der Waals surface area contributed by atoms with E-state index in [1.165, 1.54) is 5.56 Å². The number of fused-ring (bicyclic) bond motifs is 3. The molecule has 2 aliphatic heterocycles. The quantitative estimate of drug-likeness (QED) is 0.723. The first-order valence-electron chi connectivity index (χ1n) is 7.35. The Morgan fingerprint density at radius 3 is 2.45 bits per heavy atom. The number of carbonyl (C=O) groups is 1. The van der Waals surface area contributed by atoms with Gasteiger partial charge in [-0.05, 0) is 52.2 Å². The third-order valence-electron chi connectivity index (χ3n) is 4.76. The molecule has 2 nitrogen and oxygen atoms in total. The van der Waals surface area contributed by atoms with E-state index in [0.29, 0.717) is 0 Å². The maximum atomic E-state index is 12.7. The van der Waals surface area contributed by atoms with Gasteiger partial charge in [-0.25, -0.2) is 0 Å². The third-order valence-corrected chi connectivity index (χ3v) is 4.76. The van der Waals surface area contributed by atoms with E-state index >= 15 is 0 Å². The summed E-state index contributed by atoms with van der Waals surface area (Å²) in [6, 6.07) is 8.32. The van der Waals surface area contributed by atoms with Crippen molar-refractivity contribution in [2.75, 3.05) is 0 Å². The highest BCUT2D eigenvalue weighted by Gasteiger charge is 2.56. The molecule has 0 aromatic heterocycles. The number of rotatable bonds is 1. The molecule has 1 aromatic rings. The number of ether oxygens (including phenoxy) is 1. The lowest BCUT2D eigenvalue weighted by molar-refractivity contribution is -0.206. The molecular formula is C18H22O2. The zero-order chi connectivity index (χ0) is 14.5.